The van der Waals surface area contributed by atoms with Gasteiger partial charge in [-0.1, -0.05) is 0 Å². The molecule has 3 aliphatic rings. The van der Waals surface area contributed by atoms with Crippen LogP contribution >= 0.6 is 0 Å². The number of hydrogen-bond donors (Lipinski definition) is 2. The molecule has 0 saturated carbocycles. The van der Waals surface area contributed by atoms with Crippen molar-refractivity contribution in [2.75, 3.05) is 38.1 Å². The molecule has 0 radical (unpaired) electrons. The number of hydrogen-bond acceptors (Lipinski definition) is 6. The Kier molecular flexibility index (Phi) is 6.61. The molecule has 0 bridgehead atoms. The fourth-order valence-corrected chi connectivity index (χ4v) is 6.54. The van der Waals surface area contributed by atoms with E-state index in [0.717, 1.165) is 4.90 Å². The van der Waals surface area contributed by atoms with E-state index in [0.29, 0.717) is 11.3 Å². The molecule has 2 N–H and O–H groups in total. The van der Waals surface area contributed by atoms with Gasteiger partial charge in [0.25, 0.3) is 11.8 Å². The van der Waals surface area contributed by atoms with Gasteiger partial charge in [-0.3, -0.25) is 14.4 Å². The van der Waals surface area contributed by atoms with Crippen LogP contribution in [-0.4, -0.2) is 85.3 Å². The number of sulfonamides is 1. The minimum Gasteiger partial charge on any atom is -0.489 e. The monoisotopic (exact) mass is 569 g/mol. The number of fused-ring (bicyclic) bond motifs is 2. The topological polar surface area (TPSA) is 130 Å². The minimum atomic E-state index is -4.16. The van der Waals surface area contributed by atoms with Crippen molar-refractivity contribution in [3.63, 3.8) is 0 Å². The summed E-state index contributed by atoms with van der Waals surface area (Å²) in [5.41, 5.74) is 0.516. The Hall–Kier alpha value is -3.59. The first-order valence-corrected chi connectivity index (χ1v) is 13.6. The van der Waals surface area contributed by atoms with Crippen LogP contribution in [0.2, 0.25) is 0 Å². The number of benzene rings is 1. The van der Waals surface area contributed by atoms with Crippen LogP contribution in [0.15, 0.2) is 29.3 Å². The van der Waals surface area contributed by atoms with Crippen LogP contribution in [0.4, 0.5) is 18.9 Å². The van der Waals surface area contributed by atoms with Gasteiger partial charge in [0.15, 0.2) is 11.4 Å². The molecule has 0 aliphatic carbocycles. The number of amides is 3. The van der Waals surface area contributed by atoms with Crippen LogP contribution in [0.3, 0.4) is 0 Å². The second-order valence-electron chi connectivity index (χ2n) is 10.1. The summed E-state index contributed by atoms with van der Waals surface area (Å²) in [7, 11) is -2.68. The van der Waals surface area contributed by atoms with E-state index in [1.54, 1.807) is 0 Å². The van der Waals surface area contributed by atoms with Gasteiger partial charge in [0.2, 0.25) is 10.0 Å². The fraction of sp³-hybridized carbons (Fsp3) is 0.458. The summed E-state index contributed by atoms with van der Waals surface area (Å²) in [4.78, 5) is 39.9. The molecule has 1 aromatic carbocycles. The Labute approximate surface area is 221 Å². The van der Waals surface area contributed by atoms with Crippen molar-refractivity contribution in [1.82, 2.24) is 19.1 Å². The molecule has 210 valence electrons. The Morgan fingerprint density at radius 2 is 1.85 bits per heavy atom. The number of nitrogens with one attached hydrogen (secondary N) is 2. The lowest BCUT2D eigenvalue weighted by atomic mass is 9.93. The number of likely N-dealkylation sites (tertiary alicyclic amines) is 2. The lowest BCUT2D eigenvalue weighted by molar-refractivity contribution is -0.174. The maximum atomic E-state index is 13.6. The first-order chi connectivity index (χ1) is 18.3. The smallest absolute Gasteiger partial charge is 0.312 e. The summed E-state index contributed by atoms with van der Waals surface area (Å²) >= 11 is 0. The fourth-order valence-electron chi connectivity index (χ4n) is 5.00. The van der Waals surface area contributed by atoms with Gasteiger partial charge in [-0.15, -0.1) is 0 Å². The van der Waals surface area contributed by atoms with Crippen LogP contribution < -0.4 is 14.8 Å². The largest absolute Gasteiger partial charge is 0.489 e. The van der Waals surface area contributed by atoms with Crippen molar-refractivity contribution in [2.45, 2.75) is 30.2 Å². The third kappa shape index (κ3) is 5.07. The summed E-state index contributed by atoms with van der Waals surface area (Å²) in [6, 6.07) is 3.36. The number of carbonyl (C=O) groups excluding carboxylic acids is 3. The molecule has 2 fully saturated rings. The average Bonchev–Trinajstić information content (AvgIpc) is 3.19. The number of halogens is 3. The summed E-state index contributed by atoms with van der Waals surface area (Å²) in [5, 5.41) is 2.61. The summed E-state index contributed by atoms with van der Waals surface area (Å²) in [5.74, 6) is -6.90. The van der Waals surface area contributed by atoms with Crippen molar-refractivity contribution in [3.05, 3.63) is 41.5 Å². The Bertz CT molecular complexity index is 1470. The number of aromatic nitrogens is 1. The highest BCUT2D eigenvalue weighted by Crippen LogP contribution is 2.35. The highest BCUT2D eigenvalue weighted by Gasteiger charge is 2.49. The Morgan fingerprint density at radius 3 is 2.51 bits per heavy atom. The summed E-state index contributed by atoms with van der Waals surface area (Å²) in [6.07, 6.45) is 1.42. The number of ether oxygens (including phenoxy) is 1. The van der Waals surface area contributed by atoms with E-state index in [2.05, 4.69) is 10.0 Å². The lowest BCUT2D eigenvalue weighted by Crippen LogP contribution is -2.63. The van der Waals surface area contributed by atoms with Crippen molar-refractivity contribution in [1.29, 1.82) is 0 Å². The number of aryl methyl sites for hydroxylation is 2. The second kappa shape index (κ2) is 9.55. The van der Waals surface area contributed by atoms with Gasteiger partial charge in [0.1, 0.15) is 10.7 Å². The normalized spacial score (nSPS) is 23.3. The molecule has 39 heavy (non-hydrogen) atoms. The molecular formula is C24H26F3N5O6S. The first-order valence-electron chi connectivity index (χ1n) is 12.1. The van der Waals surface area contributed by atoms with Crippen LogP contribution in [0.25, 0.3) is 0 Å². The number of rotatable bonds is 2. The van der Waals surface area contributed by atoms with E-state index < -0.39 is 64.5 Å². The minimum absolute atomic E-state index is 0.0465. The van der Waals surface area contributed by atoms with Gasteiger partial charge in [-0.05, 0) is 37.1 Å². The van der Waals surface area contributed by atoms with Crippen LogP contribution in [-0.2, 0) is 26.7 Å². The van der Waals surface area contributed by atoms with E-state index in [-0.39, 0.29) is 42.5 Å². The number of piperidine rings is 1. The van der Waals surface area contributed by atoms with E-state index in [9.17, 15) is 36.0 Å². The van der Waals surface area contributed by atoms with E-state index in [1.807, 2.05) is 0 Å². The third-order valence-electron chi connectivity index (χ3n) is 7.11. The standard InChI is InChI=1S/C24H26F3N5O6S/c1-13-7-15(3-4-16(13)25)28-21(33)19-20-18(9-30(19)2)39(36,37)29-17-5-6-31(8-14(17)10-38-20)22(34)23(35)32-11-24(26,27)12-32/h3-4,7,9,14,17,29H,5-6,8,10-12H2,1-2H3,(H,28,33)/t14-,17+/m1/s1. The average molecular weight is 570 g/mol. The molecule has 3 amide bonds. The highest BCUT2D eigenvalue weighted by molar-refractivity contribution is 7.89. The zero-order valence-electron chi connectivity index (χ0n) is 21.0. The summed E-state index contributed by atoms with van der Waals surface area (Å²) in [6.45, 7) is -0.213. The maximum absolute atomic E-state index is 13.6. The number of anilines is 1. The van der Waals surface area contributed by atoms with Gasteiger partial charge in [0.05, 0.1) is 19.7 Å². The molecule has 11 nitrogen and oxygen atoms in total. The molecule has 3 aliphatic heterocycles. The quantitative estimate of drug-likeness (QED) is 0.521. The predicted octanol–water partition coefficient (Wildman–Crippen LogP) is 1.09. The first kappa shape index (κ1) is 27.0. The Balaban J connectivity index is 1.36. The van der Waals surface area contributed by atoms with E-state index in [4.69, 9.17) is 4.74 Å². The van der Waals surface area contributed by atoms with Crippen LogP contribution in [0.1, 0.15) is 22.5 Å². The van der Waals surface area contributed by atoms with Gasteiger partial charge < -0.3 is 24.4 Å². The molecule has 1 aromatic heterocycles. The van der Waals surface area contributed by atoms with Gasteiger partial charge in [-0.2, -0.15) is 0 Å². The Morgan fingerprint density at radius 1 is 1.15 bits per heavy atom. The zero-order chi connectivity index (χ0) is 28.3. The SMILES string of the molecule is Cc1cc(NC(=O)c2c3c(cn2C)S(=O)(=O)N[C@H]2CCN(C(=O)C(=O)N4CC(F)(F)C4)C[C@@H]2CO3)ccc1F. The zero-order valence-corrected chi connectivity index (χ0v) is 21.9. The van der Waals surface area contributed by atoms with Crippen LogP contribution in [0.5, 0.6) is 5.75 Å². The van der Waals surface area contributed by atoms with Crippen molar-refractivity contribution in [3.8, 4) is 5.75 Å². The number of carbonyl (C=O) groups is 3. The molecule has 0 spiro atoms. The molecule has 4 heterocycles. The molecule has 15 heteroatoms. The van der Waals surface area contributed by atoms with Gasteiger partial charge in [-0.25, -0.2) is 26.3 Å². The van der Waals surface area contributed by atoms with E-state index in [1.165, 1.54) is 47.8 Å². The maximum Gasteiger partial charge on any atom is 0.312 e. The highest BCUT2D eigenvalue weighted by atomic mass is 32.2. The summed E-state index contributed by atoms with van der Waals surface area (Å²) < 4.78 is 76.3. The van der Waals surface area contributed by atoms with Crippen molar-refractivity contribution in [2.24, 2.45) is 13.0 Å². The molecule has 0 unspecified atom stereocenters. The molecule has 2 aromatic rings. The predicted molar refractivity (Wildman–Crippen MR) is 130 cm³/mol. The van der Waals surface area contributed by atoms with Crippen molar-refractivity contribution < 1.29 is 40.7 Å². The van der Waals surface area contributed by atoms with Crippen LogP contribution in [0, 0.1) is 18.7 Å². The molecule has 5 rings (SSSR count). The van der Waals surface area contributed by atoms with Gasteiger partial charge in [0, 0.05) is 44.0 Å². The molecule has 2 saturated heterocycles. The van der Waals surface area contributed by atoms with Gasteiger partial charge >= 0.3 is 11.8 Å². The third-order valence-corrected chi connectivity index (χ3v) is 8.59. The lowest BCUT2D eigenvalue weighted by Gasteiger charge is -2.42. The number of nitrogens with zero attached hydrogens (tertiary/aromatic N) is 3. The van der Waals surface area contributed by atoms with E-state index >= 15 is 0 Å². The number of alkyl halides is 2. The molecule has 2 atom stereocenters. The molecular weight excluding hydrogens is 543 g/mol. The van der Waals surface area contributed by atoms with Crippen molar-refractivity contribution >= 4 is 33.4 Å². The second-order valence-corrected chi connectivity index (χ2v) is 11.7.